The van der Waals surface area contributed by atoms with Crippen molar-refractivity contribution < 1.29 is 4.74 Å². The van der Waals surface area contributed by atoms with E-state index >= 15 is 0 Å². The van der Waals surface area contributed by atoms with Crippen molar-refractivity contribution in [3.8, 4) is 5.75 Å². The Balaban J connectivity index is 1.66. The number of ether oxygens (including phenoxy) is 1. The SMILES string of the molecule is CCNC(=NCC(c1cccc(OC)c1)N1CCCC1)NCCc1ccc(C)nc1. The van der Waals surface area contributed by atoms with Crippen LogP contribution in [0.25, 0.3) is 0 Å². The van der Waals surface area contributed by atoms with E-state index in [0.29, 0.717) is 6.54 Å². The molecule has 6 nitrogen and oxygen atoms in total. The number of hydrogen-bond donors (Lipinski definition) is 2. The van der Waals surface area contributed by atoms with Crippen molar-refractivity contribution in [1.82, 2.24) is 20.5 Å². The summed E-state index contributed by atoms with van der Waals surface area (Å²) in [5.74, 6) is 1.77. The Labute approximate surface area is 180 Å². The maximum Gasteiger partial charge on any atom is 0.191 e. The highest BCUT2D eigenvalue weighted by Crippen LogP contribution is 2.27. The molecule has 1 saturated heterocycles. The first-order valence-corrected chi connectivity index (χ1v) is 11.0. The van der Waals surface area contributed by atoms with Gasteiger partial charge in [-0.15, -0.1) is 0 Å². The monoisotopic (exact) mass is 409 g/mol. The summed E-state index contributed by atoms with van der Waals surface area (Å²) in [6.45, 7) is 8.74. The molecule has 1 aliphatic heterocycles. The quantitative estimate of drug-likeness (QED) is 0.491. The van der Waals surface area contributed by atoms with E-state index in [2.05, 4.69) is 57.8 Å². The lowest BCUT2D eigenvalue weighted by atomic mass is 10.1. The molecule has 1 atom stereocenters. The Morgan fingerprint density at radius 2 is 2.03 bits per heavy atom. The molecule has 0 aliphatic carbocycles. The minimum atomic E-state index is 0.263. The van der Waals surface area contributed by atoms with E-state index < -0.39 is 0 Å². The molecule has 0 saturated carbocycles. The number of pyridine rings is 1. The van der Waals surface area contributed by atoms with Crippen molar-refractivity contribution >= 4 is 5.96 Å². The van der Waals surface area contributed by atoms with E-state index in [4.69, 9.17) is 9.73 Å². The minimum absolute atomic E-state index is 0.263. The minimum Gasteiger partial charge on any atom is -0.497 e. The van der Waals surface area contributed by atoms with Gasteiger partial charge in [-0.1, -0.05) is 18.2 Å². The fourth-order valence-corrected chi connectivity index (χ4v) is 3.82. The Kier molecular flexibility index (Phi) is 8.51. The number of aryl methyl sites for hydroxylation is 1. The van der Waals surface area contributed by atoms with Crippen molar-refractivity contribution in [2.24, 2.45) is 4.99 Å². The van der Waals surface area contributed by atoms with Crippen LogP contribution in [0, 0.1) is 6.92 Å². The summed E-state index contributed by atoms with van der Waals surface area (Å²) >= 11 is 0. The van der Waals surface area contributed by atoms with Gasteiger partial charge < -0.3 is 15.4 Å². The third-order valence-electron chi connectivity index (χ3n) is 5.51. The van der Waals surface area contributed by atoms with E-state index in [1.807, 2.05) is 19.2 Å². The van der Waals surface area contributed by atoms with Crippen LogP contribution in [-0.2, 0) is 6.42 Å². The van der Waals surface area contributed by atoms with Gasteiger partial charge in [-0.25, -0.2) is 0 Å². The van der Waals surface area contributed by atoms with Crippen LogP contribution in [0.3, 0.4) is 0 Å². The highest BCUT2D eigenvalue weighted by Gasteiger charge is 2.23. The number of nitrogens with one attached hydrogen (secondary N) is 2. The molecule has 1 fully saturated rings. The summed E-state index contributed by atoms with van der Waals surface area (Å²) in [5.41, 5.74) is 3.55. The standard InChI is InChI=1S/C24H35N5O/c1-4-25-24(26-13-12-20-11-10-19(2)27-17-20)28-18-23(29-14-5-6-15-29)21-8-7-9-22(16-21)30-3/h7-11,16-17,23H,4-6,12-15,18H2,1-3H3,(H2,25,26,28). The molecule has 162 valence electrons. The van der Waals surface area contributed by atoms with Crippen molar-refractivity contribution in [3.63, 3.8) is 0 Å². The molecule has 0 radical (unpaired) electrons. The predicted octanol–water partition coefficient (Wildman–Crippen LogP) is 3.33. The van der Waals surface area contributed by atoms with Gasteiger partial charge in [-0.2, -0.15) is 0 Å². The smallest absolute Gasteiger partial charge is 0.191 e. The van der Waals surface area contributed by atoms with Crippen LogP contribution in [-0.4, -0.2) is 55.7 Å². The molecule has 6 heteroatoms. The first-order valence-electron chi connectivity index (χ1n) is 11.0. The molecule has 2 heterocycles. The maximum absolute atomic E-state index is 5.45. The van der Waals surface area contributed by atoms with Gasteiger partial charge in [0, 0.05) is 25.0 Å². The maximum atomic E-state index is 5.45. The van der Waals surface area contributed by atoms with Crippen molar-refractivity contribution in [3.05, 3.63) is 59.4 Å². The lowest BCUT2D eigenvalue weighted by Crippen LogP contribution is -2.39. The second kappa shape index (κ2) is 11.6. The number of aromatic nitrogens is 1. The summed E-state index contributed by atoms with van der Waals surface area (Å²) in [6.07, 6.45) is 5.39. The van der Waals surface area contributed by atoms with Crippen LogP contribution in [0.15, 0.2) is 47.6 Å². The van der Waals surface area contributed by atoms with Crippen LogP contribution in [0.1, 0.15) is 42.6 Å². The van der Waals surface area contributed by atoms with Gasteiger partial charge in [0.2, 0.25) is 0 Å². The lowest BCUT2D eigenvalue weighted by Gasteiger charge is -2.27. The first kappa shape index (κ1) is 22.1. The zero-order valence-corrected chi connectivity index (χ0v) is 18.5. The Bertz CT molecular complexity index is 799. The average Bonchev–Trinajstić information content (AvgIpc) is 3.30. The molecule has 3 rings (SSSR count). The normalized spacial score (nSPS) is 15.8. The molecular weight excluding hydrogens is 374 g/mol. The topological polar surface area (TPSA) is 61.8 Å². The van der Waals surface area contributed by atoms with E-state index in [-0.39, 0.29) is 6.04 Å². The molecule has 0 amide bonds. The first-order chi connectivity index (χ1) is 14.7. The summed E-state index contributed by atoms with van der Waals surface area (Å²) in [6, 6.07) is 12.9. The predicted molar refractivity (Wildman–Crippen MR) is 123 cm³/mol. The molecular formula is C24H35N5O. The second-order valence-electron chi connectivity index (χ2n) is 7.74. The van der Waals surface area contributed by atoms with E-state index in [1.165, 1.54) is 24.0 Å². The Morgan fingerprint density at radius 3 is 2.73 bits per heavy atom. The van der Waals surface area contributed by atoms with Gasteiger partial charge in [-0.05, 0) is 75.5 Å². The molecule has 0 bridgehead atoms. The van der Waals surface area contributed by atoms with Gasteiger partial charge >= 0.3 is 0 Å². The number of nitrogens with zero attached hydrogens (tertiary/aromatic N) is 3. The molecule has 1 aromatic heterocycles. The molecule has 2 aromatic rings. The second-order valence-corrected chi connectivity index (χ2v) is 7.74. The Morgan fingerprint density at radius 1 is 1.20 bits per heavy atom. The lowest BCUT2D eigenvalue weighted by molar-refractivity contribution is 0.251. The molecule has 0 spiro atoms. The number of aliphatic imine (C=N–C) groups is 1. The highest BCUT2D eigenvalue weighted by atomic mass is 16.5. The molecule has 1 unspecified atom stereocenters. The van der Waals surface area contributed by atoms with E-state index in [1.54, 1.807) is 7.11 Å². The number of methoxy groups -OCH3 is 1. The van der Waals surface area contributed by atoms with Crippen LogP contribution in [0.2, 0.25) is 0 Å². The van der Waals surface area contributed by atoms with Crippen LogP contribution >= 0.6 is 0 Å². The van der Waals surface area contributed by atoms with Crippen molar-refractivity contribution in [2.45, 2.75) is 39.2 Å². The van der Waals surface area contributed by atoms with E-state index in [9.17, 15) is 0 Å². The fourth-order valence-electron chi connectivity index (χ4n) is 3.82. The van der Waals surface area contributed by atoms with Gasteiger partial charge in [0.25, 0.3) is 0 Å². The van der Waals surface area contributed by atoms with Crippen LogP contribution in [0.5, 0.6) is 5.75 Å². The zero-order chi connectivity index (χ0) is 21.2. The molecule has 30 heavy (non-hydrogen) atoms. The number of likely N-dealkylation sites (tertiary alicyclic amines) is 1. The Hall–Kier alpha value is -2.60. The van der Waals surface area contributed by atoms with Crippen molar-refractivity contribution in [1.29, 1.82) is 0 Å². The van der Waals surface area contributed by atoms with Crippen molar-refractivity contribution in [2.75, 3.05) is 39.8 Å². The number of rotatable bonds is 9. The third kappa shape index (κ3) is 6.46. The summed E-state index contributed by atoms with van der Waals surface area (Å²) in [4.78, 5) is 11.8. The van der Waals surface area contributed by atoms with Gasteiger partial charge in [0.15, 0.2) is 5.96 Å². The largest absolute Gasteiger partial charge is 0.497 e. The zero-order valence-electron chi connectivity index (χ0n) is 18.5. The number of benzene rings is 1. The highest BCUT2D eigenvalue weighted by molar-refractivity contribution is 5.79. The van der Waals surface area contributed by atoms with E-state index in [0.717, 1.165) is 50.0 Å². The summed E-state index contributed by atoms with van der Waals surface area (Å²) in [7, 11) is 1.72. The third-order valence-corrected chi connectivity index (χ3v) is 5.51. The van der Waals surface area contributed by atoms with Crippen LogP contribution < -0.4 is 15.4 Å². The fraction of sp³-hybridized carbons (Fsp3) is 0.500. The molecule has 2 N–H and O–H groups in total. The molecule has 1 aliphatic rings. The van der Waals surface area contributed by atoms with Gasteiger partial charge in [0.1, 0.15) is 5.75 Å². The molecule has 1 aromatic carbocycles. The number of guanidine groups is 1. The van der Waals surface area contributed by atoms with Crippen LogP contribution in [0.4, 0.5) is 0 Å². The summed E-state index contributed by atoms with van der Waals surface area (Å²) < 4.78 is 5.45. The number of hydrogen-bond acceptors (Lipinski definition) is 4. The van der Waals surface area contributed by atoms with Gasteiger partial charge in [-0.3, -0.25) is 14.9 Å². The van der Waals surface area contributed by atoms with Gasteiger partial charge in [0.05, 0.1) is 19.7 Å². The summed E-state index contributed by atoms with van der Waals surface area (Å²) in [5, 5.41) is 6.85. The average molecular weight is 410 g/mol.